The van der Waals surface area contributed by atoms with Gasteiger partial charge in [-0.2, -0.15) is 5.10 Å². The largest absolute Gasteiger partial charge is 0.368 e. The molecule has 0 unspecified atom stereocenters. The Bertz CT molecular complexity index is 762. The molecule has 2 aliphatic rings. The van der Waals surface area contributed by atoms with Crippen molar-refractivity contribution in [3.05, 3.63) is 60.2 Å². The SMILES string of the molecule is O=C1CCC(c2ccc(N3CCN(c4ccccc4)CC3)cc2)=NN1. The van der Waals surface area contributed by atoms with E-state index in [2.05, 4.69) is 74.9 Å². The summed E-state index contributed by atoms with van der Waals surface area (Å²) in [6, 6.07) is 19.1. The van der Waals surface area contributed by atoms with E-state index in [1.165, 1.54) is 11.4 Å². The first-order chi connectivity index (χ1) is 12.3. The molecule has 0 radical (unpaired) electrons. The summed E-state index contributed by atoms with van der Waals surface area (Å²) in [7, 11) is 0. The van der Waals surface area contributed by atoms with Crippen LogP contribution in [0.1, 0.15) is 18.4 Å². The van der Waals surface area contributed by atoms with Crippen molar-refractivity contribution >= 4 is 23.0 Å². The topological polar surface area (TPSA) is 47.9 Å². The Labute approximate surface area is 147 Å². The van der Waals surface area contributed by atoms with Gasteiger partial charge in [0.1, 0.15) is 0 Å². The van der Waals surface area contributed by atoms with Crippen LogP contribution in [0.15, 0.2) is 59.7 Å². The Morgan fingerprint density at radius 3 is 1.92 bits per heavy atom. The Balaban J connectivity index is 1.39. The fourth-order valence-corrected chi connectivity index (χ4v) is 3.41. The van der Waals surface area contributed by atoms with E-state index in [0.717, 1.165) is 37.5 Å². The second-order valence-corrected chi connectivity index (χ2v) is 6.45. The highest BCUT2D eigenvalue weighted by Crippen LogP contribution is 2.21. The minimum absolute atomic E-state index is 0.00310. The summed E-state index contributed by atoms with van der Waals surface area (Å²) in [5, 5.41) is 4.16. The maximum atomic E-state index is 11.2. The number of hydrazone groups is 1. The van der Waals surface area contributed by atoms with Crippen LogP contribution in [-0.4, -0.2) is 37.8 Å². The molecule has 0 bridgehead atoms. The van der Waals surface area contributed by atoms with Gasteiger partial charge in [0.25, 0.3) is 0 Å². The highest BCUT2D eigenvalue weighted by molar-refractivity contribution is 6.04. The van der Waals surface area contributed by atoms with Crippen LogP contribution in [0.2, 0.25) is 0 Å². The van der Waals surface area contributed by atoms with Gasteiger partial charge in [-0.05, 0) is 29.8 Å². The molecule has 0 saturated carbocycles. The summed E-state index contributed by atoms with van der Waals surface area (Å²) in [5.41, 5.74) is 7.16. The lowest BCUT2D eigenvalue weighted by atomic mass is 10.0. The fraction of sp³-hybridized carbons (Fsp3) is 0.300. The van der Waals surface area contributed by atoms with Crippen LogP contribution >= 0.6 is 0 Å². The predicted octanol–water partition coefficient (Wildman–Crippen LogP) is 2.63. The molecule has 0 spiro atoms. The Hall–Kier alpha value is -2.82. The third-order valence-electron chi connectivity index (χ3n) is 4.87. The van der Waals surface area contributed by atoms with Crippen LogP contribution < -0.4 is 15.2 Å². The first kappa shape index (κ1) is 15.7. The number of carbonyl (C=O) groups is 1. The molecule has 1 N–H and O–H groups in total. The lowest BCUT2D eigenvalue weighted by Crippen LogP contribution is -2.46. The van der Waals surface area contributed by atoms with Gasteiger partial charge in [-0.1, -0.05) is 30.3 Å². The zero-order chi connectivity index (χ0) is 17.1. The molecule has 25 heavy (non-hydrogen) atoms. The summed E-state index contributed by atoms with van der Waals surface area (Å²) in [6.07, 6.45) is 1.23. The number of carbonyl (C=O) groups excluding carboxylic acids is 1. The van der Waals surface area contributed by atoms with Gasteiger partial charge in [0, 0.05) is 50.4 Å². The smallest absolute Gasteiger partial charge is 0.240 e. The van der Waals surface area contributed by atoms with Crippen LogP contribution in [-0.2, 0) is 4.79 Å². The number of para-hydroxylation sites is 1. The molecule has 2 heterocycles. The monoisotopic (exact) mass is 334 g/mol. The van der Waals surface area contributed by atoms with E-state index >= 15 is 0 Å². The highest BCUT2D eigenvalue weighted by atomic mass is 16.2. The number of benzene rings is 2. The molecule has 2 aromatic rings. The van der Waals surface area contributed by atoms with Crippen LogP contribution in [0.25, 0.3) is 0 Å². The molecule has 0 atom stereocenters. The summed E-state index contributed by atoms with van der Waals surface area (Å²) < 4.78 is 0. The van der Waals surface area contributed by atoms with E-state index in [0.29, 0.717) is 12.8 Å². The summed E-state index contributed by atoms with van der Waals surface area (Å²) in [4.78, 5) is 16.1. The molecular weight excluding hydrogens is 312 g/mol. The van der Waals surface area contributed by atoms with E-state index < -0.39 is 0 Å². The maximum Gasteiger partial charge on any atom is 0.240 e. The van der Waals surface area contributed by atoms with Crippen LogP contribution in [0.5, 0.6) is 0 Å². The highest BCUT2D eigenvalue weighted by Gasteiger charge is 2.18. The summed E-state index contributed by atoms with van der Waals surface area (Å²) >= 11 is 0. The van der Waals surface area contributed by atoms with Gasteiger partial charge in [0.15, 0.2) is 0 Å². The lowest BCUT2D eigenvalue weighted by Gasteiger charge is -2.37. The Morgan fingerprint density at radius 1 is 0.760 bits per heavy atom. The lowest BCUT2D eigenvalue weighted by molar-refractivity contribution is -0.121. The number of hydrogen-bond donors (Lipinski definition) is 1. The van der Waals surface area contributed by atoms with Crippen LogP contribution in [0.4, 0.5) is 11.4 Å². The van der Waals surface area contributed by atoms with E-state index in [1.807, 2.05) is 0 Å². The van der Waals surface area contributed by atoms with Crippen molar-refractivity contribution in [2.24, 2.45) is 5.10 Å². The van der Waals surface area contributed by atoms with Crippen LogP contribution in [0, 0.1) is 0 Å². The molecule has 0 aliphatic carbocycles. The Morgan fingerprint density at radius 2 is 1.36 bits per heavy atom. The van der Waals surface area contributed by atoms with Crippen molar-refractivity contribution in [3.8, 4) is 0 Å². The fourth-order valence-electron chi connectivity index (χ4n) is 3.41. The number of nitrogens with zero attached hydrogens (tertiary/aromatic N) is 3. The van der Waals surface area contributed by atoms with E-state index in [4.69, 9.17) is 0 Å². The molecule has 2 aliphatic heterocycles. The molecular formula is C20H22N4O. The van der Waals surface area contributed by atoms with E-state index in [-0.39, 0.29) is 5.91 Å². The first-order valence-electron chi connectivity index (χ1n) is 8.80. The van der Waals surface area contributed by atoms with Crippen molar-refractivity contribution in [3.63, 3.8) is 0 Å². The average Bonchev–Trinajstić information content (AvgIpc) is 2.70. The van der Waals surface area contributed by atoms with Gasteiger partial charge in [-0.3, -0.25) is 4.79 Å². The molecule has 4 rings (SSSR count). The number of amides is 1. The zero-order valence-corrected chi connectivity index (χ0v) is 14.2. The molecule has 1 amide bonds. The molecule has 5 heteroatoms. The molecule has 128 valence electrons. The maximum absolute atomic E-state index is 11.2. The second kappa shape index (κ2) is 6.97. The van der Waals surface area contributed by atoms with Crippen molar-refractivity contribution in [1.29, 1.82) is 0 Å². The number of piperazine rings is 1. The zero-order valence-electron chi connectivity index (χ0n) is 14.2. The van der Waals surface area contributed by atoms with Crippen molar-refractivity contribution in [2.75, 3.05) is 36.0 Å². The standard InChI is InChI=1S/C20H22N4O/c25-20-11-10-19(21-22-20)16-6-8-18(9-7-16)24-14-12-23(13-15-24)17-4-2-1-3-5-17/h1-9H,10-15H2,(H,22,25). The molecule has 1 fully saturated rings. The number of nitrogens with one attached hydrogen (secondary N) is 1. The van der Waals surface area contributed by atoms with E-state index in [9.17, 15) is 4.79 Å². The third kappa shape index (κ3) is 3.50. The summed E-state index contributed by atoms with van der Waals surface area (Å²) in [6.45, 7) is 4.10. The van der Waals surface area contributed by atoms with Crippen molar-refractivity contribution in [2.45, 2.75) is 12.8 Å². The first-order valence-corrected chi connectivity index (χ1v) is 8.80. The number of hydrogen-bond acceptors (Lipinski definition) is 4. The van der Waals surface area contributed by atoms with Gasteiger partial charge in [-0.25, -0.2) is 5.43 Å². The molecule has 1 saturated heterocycles. The Kier molecular flexibility index (Phi) is 4.37. The quantitative estimate of drug-likeness (QED) is 0.939. The van der Waals surface area contributed by atoms with Crippen molar-refractivity contribution < 1.29 is 4.79 Å². The third-order valence-corrected chi connectivity index (χ3v) is 4.87. The predicted molar refractivity (Wildman–Crippen MR) is 101 cm³/mol. The molecule has 0 aromatic heterocycles. The number of anilines is 2. The average molecular weight is 334 g/mol. The van der Waals surface area contributed by atoms with Gasteiger partial charge in [-0.15, -0.1) is 0 Å². The van der Waals surface area contributed by atoms with Crippen LogP contribution in [0.3, 0.4) is 0 Å². The second-order valence-electron chi connectivity index (χ2n) is 6.45. The molecule has 2 aromatic carbocycles. The minimum atomic E-state index is -0.00310. The van der Waals surface area contributed by atoms with E-state index in [1.54, 1.807) is 0 Å². The molecule has 5 nitrogen and oxygen atoms in total. The van der Waals surface area contributed by atoms with Gasteiger partial charge in [0.05, 0.1) is 5.71 Å². The minimum Gasteiger partial charge on any atom is -0.368 e. The van der Waals surface area contributed by atoms with Gasteiger partial charge < -0.3 is 9.80 Å². The van der Waals surface area contributed by atoms with Gasteiger partial charge in [0.2, 0.25) is 5.91 Å². The van der Waals surface area contributed by atoms with Gasteiger partial charge >= 0.3 is 0 Å². The normalized spacial score (nSPS) is 17.9. The van der Waals surface area contributed by atoms with Crippen molar-refractivity contribution in [1.82, 2.24) is 5.43 Å². The summed E-state index contributed by atoms with van der Waals surface area (Å²) in [5.74, 6) is -0.00310. The number of rotatable bonds is 3.